The Balaban J connectivity index is 1.83. The van der Waals surface area contributed by atoms with Crippen LogP contribution in [0.4, 0.5) is 4.39 Å². The molecule has 1 aromatic carbocycles. The summed E-state index contributed by atoms with van der Waals surface area (Å²) in [6.07, 6.45) is 2.99. The zero-order valence-corrected chi connectivity index (χ0v) is 14.2. The van der Waals surface area contributed by atoms with Gasteiger partial charge in [0.2, 0.25) is 0 Å². The third-order valence-electron chi connectivity index (χ3n) is 4.24. The summed E-state index contributed by atoms with van der Waals surface area (Å²) in [6.45, 7) is 1.56. The number of aromatic nitrogens is 1. The van der Waals surface area contributed by atoms with Crippen molar-refractivity contribution in [2.24, 2.45) is 0 Å². The molecule has 3 rings (SSSR count). The minimum atomic E-state index is -0.466. The van der Waals surface area contributed by atoms with Gasteiger partial charge in [0.05, 0.1) is 19.4 Å². The largest absolute Gasteiger partial charge is 0.496 e. The fourth-order valence-electron chi connectivity index (χ4n) is 2.96. The van der Waals surface area contributed by atoms with E-state index in [-0.39, 0.29) is 17.7 Å². The maximum Gasteiger partial charge on any atom is 0.272 e. The molecule has 6 heteroatoms. The third kappa shape index (κ3) is 4.33. The van der Waals surface area contributed by atoms with Crippen LogP contribution in [0.15, 0.2) is 42.6 Å². The highest BCUT2D eigenvalue weighted by Crippen LogP contribution is 2.22. The number of carbonyl (C=O) groups excluding carboxylic acids is 1. The molecular formula is C19H21FN2O3. The molecule has 0 N–H and O–H groups in total. The molecule has 0 saturated carbocycles. The van der Waals surface area contributed by atoms with E-state index in [0.29, 0.717) is 13.1 Å². The first-order valence-electron chi connectivity index (χ1n) is 8.31. The molecule has 0 bridgehead atoms. The van der Waals surface area contributed by atoms with Crippen LogP contribution in [0.2, 0.25) is 0 Å². The average Bonchev–Trinajstić information content (AvgIpc) is 3.15. The highest BCUT2D eigenvalue weighted by atomic mass is 19.1. The molecule has 2 aromatic rings. The van der Waals surface area contributed by atoms with Gasteiger partial charge in [-0.25, -0.2) is 9.37 Å². The maximum atomic E-state index is 13.1. The van der Waals surface area contributed by atoms with Crippen molar-refractivity contribution < 1.29 is 18.7 Å². The van der Waals surface area contributed by atoms with Gasteiger partial charge in [-0.15, -0.1) is 0 Å². The lowest BCUT2D eigenvalue weighted by Crippen LogP contribution is -2.37. The first kappa shape index (κ1) is 17.4. The van der Waals surface area contributed by atoms with Crippen molar-refractivity contribution in [2.75, 3.05) is 20.3 Å². The number of rotatable bonds is 6. The lowest BCUT2D eigenvalue weighted by Gasteiger charge is -2.26. The van der Waals surface area contributed by atoms with Crippen LogP contribution in [0.1, 0.15) is 28.9 Å². The lowest BCUT2D eigenvalue weighted by atomic mass is 10.1. The highest BCUT2D eigenvalue weighted by Gasteiger charge is 2.25. The molecule has 0 spiro atoms. The van der Waals surface area contributed by atoms with Gasteiger partial charge in [0.1, 0.15) is 17.3 Å². The van der Waals surface area contributed by atoms with Crippen LogP contribution in [-0.2, 0) is 11.3 Å². The van der Waals surface area contributed by atoms with E-state index in [2.05, 4.69) is 4.98 Å². The molecule has 2 heterocycles. The number of carbonyl (C=O) groups is 1. The van der Waals surface area contributed by atoms with Crippen LogP contribution < -0.4 is 4.74 Å². The molecule has 1 aliphatic heterocycles. The number of hydrogen-bond donors (Lipinski definition) is 0. The summed E-state index contributed by atoms with van der Waals surface area (Å²) in [4.78, 5) is 18.5. The van der Waals surface area contributed by atoms with Gasteiger partial charge in [-0.3, -0.25) is 4.79 Å². The van der Waals surface area contributed by atoms with Crippen molar-refractivity contribution in [1.82, 2.24) is 9.88 Å². The van der Waals surface area contributed by atoms with E-state index in [0.717, 1.165) is 37.0 Å². The standard InChI is InChI=1S/C19H21FN2O3/c1-24-18-7-3-2-5-14(18)12-22(13-16-6-4-10-25-16)19(23)17-9-8-15(20)11-21-17/h2-3,5,7-9,11,16H,4,6,10,12-13H2,1H3/t16-/m0/s1. The molecule has 1 atom stereocenters. The Hall–Kier alpha value is -2.47. The number of nitrogens with zero attached hydrogens (tertiary/aromatic N) is 2. The SMILES string of the molecule is COc1ccccc1CN(C[C@@H]1CCCO1)C(=O)c1ccc(F)cn1. The molecular weight excluding hydrogens is 323 g/mol. The van der Waals surface area contributed by atoms with Crippen LogP contribution >= 0.6 is 0 Å². The van der Waals surface area contributed by atoms with E-state index in [1.165, 1.54) is 12.1 Å². The predicted octanol–water partition coefficient (Wildman–Crippen LogP) is 3.05. The van der Waals surface area contributed by atoms with Gasteiger partial charge in [0.25, 0.3) is 5.91 Å². The molecule has 0 unspecified atom stereocenters. The Morgan fingerprint density at radius 2 is 2.20 bits per heavy atom. The lowest BCUT2D eigenvalue weighted by molar-refractivity contribution is 0.0501. The first-order valence-corrected chi connectivity index (χ1v) is 8.31. The van der Waals surface area contributed by atoms with Crippen molar-refractivity contribution in [3.05, 3.63) is 59.7 Å². The minimum Gasteiger partial charge on any atom is -0.496 e. The molecule has 25 heavy (non-hydrogen) atoms. The predicted molar refractivity (Wildman–Crippen MR) is 90.9 cm³/mol. The van der Waals surface area contributed by atoms with Gasteiger partial charge in [-0.1, -0.05) is 18.2 Å². The van der Waals surface area contributed by atoms with E-state index in [4.69, 9.17) is 9.47 Å². The Kier molecular flexibility index (Phi) is 5.60. The Morgan fingerprint density at radius 3 is 2.88 bits per heavy atom. The average molecular weight is 344 g/mol. The first-order chi connectivity index (χ1) is 12.2. The summed E-state index contributed by atoms with van der Waals surface area (Å²) >= 11 is 0. The number of methoxy groups -OCH3 is 1. The third-order valence-corrected chi connectivity index (χ3v) is 4.24. The van der Waals surface area contributed by atoms with E-state index < -0.39 is 5.82 Å². The van der Waals surface area contributed by atoms with E-state index >= 15 is 0 Å². The number of benzene rings is 1. The number of para-hydroxylation sites is 1. The van der Waals surface area contributed by atoms with Gasteiger partial charge in [0, 0.05) is 25.3 Å². The quantitative estimate of drug-likeness (QED) is 0.808. The molecule has 1 aliphatic rings. The van der Waals surface area contributed by atoms with Gasteiger partial charge in [-0.2, -0.15) is 0 Å². The summed E-state index contributed by atoms with van der Waals surface area (Å²) in [5.41, 5.74) is 1.12. The van der Waals surface area contributed by atoms with Crippen LogP contribution in [-0.4, -0.2) is 42.2 Å². The molecule has 1 aromatic heterocycles. The van der Waals surface area contributed by atoms with Gasteiger partial charge in [-0.05, 0) is 31.0 Å². The van der Waals surface area contributed by atoms with Crippen LogP contribution in [0.25, 0.3) is 0 Å². The van der Waals surface area contributed by atoms with Crippen molar-refractivity contribution in [3.63, 3.8) is 0 Å². The summed E-state index contributed by atoms with van der Waals surface area (Å²) in [7, 11) is 1.60. The number of ether oxygens (including phenoxy) is 2. The molecule has 1 amide bonds. The normalized spacial score (nSPS) is 16.6. The number of amides is 1. The van der Waals surface area contributed by atoms with Crippen LogP contribution in [0.3, 0.4) is 0 Å². The fraction of sp³-hybridized carbons (Fsp3) is 0.368. The molecule has 0 radical (unpaired) electrons. The summed E-state index contributed by atoms with van der Waals surface area (Å²) in [5.74, 6) is 0.00747. The minimum absolute atomic E-state index is 0.0131. The Morgan fingerprint density at radius 1 is 1.36 bits per heavy atom. The molecule has 1 fully saturated rings. The topological polar surface area (TPSA) is 51.7 Å². The van der Waals surface area contributed by atoms with E-state index in [1.54, 1.807) is 12.0 Å². The highest BCUT2D eigenvalue weighted by molar-refractivity contribution is 5.92. The number of pyridine rings is 1. The van der Waals surface area contributed by atoms with Crippen LogP contribution in [0, 0.1) is 5.82 Å². The van der Waals surface area contributed by atoms with Crippen molar-refractivity contribution in [1.29, 1.82) is 0 Å². The molecule has 1 saturated heterocycles. The molecule has 0 aliphatic carbocycles. The van der Waals surface area contributed by atoms with Crippen molar-refractivity contribution in [2.45, 2.75) is 25.5 Å². The number of halogens is 1. The zero-order valence-electron chi connectivity index (χ0n) is 14.2. The Labute approximate surface area is 146 Å². The second kappa shape index (κ2) is 8.07. The zero-order chi connectivity index (χ0) is 17.6. The van der Waals surface area contributed by atoms with Gasteiger partial charge >= 0.3 is 0 Å². The summed E-state index contributed by atoms with van der Waals surface area (Å²) < 4.78 is 24.2. The molecule has 132 valence electrons. The van der Waals surface area contributed by atoms with Crippen LogP contribution in [0.5, 0.6) is 5.75 Å². The second-order valence-electron chi connectivity index (χ2n) is 5.99. The second-order valence-corrected chi connectivity index (χ2v) is 5.99. The Bertz CT molecular complexity index is 715. The van der Waals surface area contributed by atoms with Gasteiger partial charge < -0.3 is 14.4 Å². The molecule has 5 nitrogen and oxygen atoms in total. The summed E-state index contributed by atoms with van der Waals surface area (Å²) in [6, 6.07) is 10.2. The smallest absolute Gasteiger partial charge is 0.272 e. The fourth-order valence-corrected chi connectivity index (χ4v) is 2.96. The monoisotopic (exact) mass is 344 g/mol. The van der Waals surface area contributed by atoms with Crippen molar-refractivity contribution in [3.8, 4) is 5.75 Å². The van der Waals surface area contributed by atoms with Crippen molar-refractivity contribution >= 4 is 5.91 Å². The van der Waals surface area contributed by atoms with E-state index in [1.807, 2.05) is 24.3 Å². The number of hydrogen-bond acceptors (Lipinski definition) is 4. The maximum absolute atomic E-state index is 13.1. The summed E-state index contributed by atoms with van der Waals surface area (Å²) in [5, 5.41) is 0. The van der Waals surface area contributed by atoms with Gasteiger partial charge in [0.15, 0.2) is 0 Å². The van der Waals surface area contributed by atoms with E-state index in [9.17, 15) is 9.18 Å².